The number of anilines is 1. The number of carbonyl (C=O) groups is 1. The molecule has 1 amide bonds. The summed E-state index contributed by atoms with van der Waals surface area (Å²) in [6, 6.07) is 11.8. The van der Waals surface area contributed by atoms with Crippen LogP contribution in [0.5, 0.6) is 11.5 Å². The Morgan fingerprint density at radius 2 is 2.04 bits per heavy atom. The van der Waals surface area contributed by atoms with Crippen molar-refractivity contribution in [3.8, 4) is 11.5 Å². The van der Waals surface area contributed by atoms with Gasteiger partial charge in [-0.3, -0.25) is 4.79 Å². The van der Waals surface area contributed by atoms with Gasteiger partial charge in [-0.25, -0.2) is 0 Å². The number of fused-ring (bicyclic) bond motifs is 1. The number of benzene rings is 2. The molecule has 1 aliphatic rings. The quantitative estimate of drug-likeness (QED) is 0.907. The Bertz CT molecular complexity index is 737. The Morgan fingerprint density at radius 3 is 2.75 bits per heavy atom. The molecule has 2 aromatic carbocycles. The first-order chi connectivity index (χ1) is 11.5. The Balaban J connectivity index is 1.77. The molecular formula is C20H23NO3. The van der Waals surface area contributed by atoms with Crippen LogP contribution in [0.25, 0.3) is 0 Å². The highest BCUT2D eigenvalue weighted by Crippen LogP contribution is 2.38. The van der Waals surface area contributed by atoms with Crippen molar-refractivity contribution in [1.29, 1.82) is 0 Å². The number of hydrogen-bond acceptors (Lipinski definition) is 3. The summed E-state index contributed by atoms with van der Waals surface area (Å²) in [6.07, 6.45) is 1.36. The van der Waals surface area contributed by atoms with E-state index in [1.807, 2.05) is 57.2 Å². The molecule has 0 unspecified atom stereocenters. The third-order valence-corrected chi connectivity index (χ3v) is 4.06. The molecule has 0 aromatic heterocycles. The molecule has 0 bridgehead atoms. The van der Waals surface area contributed by atoms with E-state index in [1.54, 1.807) is 0 Å². The largest absolute Gasteiger partial charge is 0.492 e. The van der Waals surface area contributed by atoms with Gasteiger partial charge in [0.1, 0.15) is 17.6 Å². The summed E-state index contributed by atoms with van der Waals surface area (Å²) < 4.78 is 11.5. The monoisotopic (exact) mass is 325 g/mol. The van der Waals surface area contributed by atoms with Crippen LogP contribution < -0.4 is 14.8 Å². The Hall–Kier alpha value is -2.49. The first kappa shape index (κ1) is 16.4. The van der Waals surface area contributed by atoms with Gasteiger partial charge in [-0.1, -0.05) is 29.8 Å². The number of rotatable bonds is 5. The van der Waals surface area contributed by atoms with Crippen molar-refractivity contribution in [2.45, 2.75) is 39.7 Å². The van der Waals surface area contributed by atoms with Gasteiger partial charge < -0.3 is 14.8 Å². The molecule has 0 spiro atoms. The van der Waals surface area contributed by atoms with E-state index in [0.717, 1.165) is 23.3 Å². The van der Waals surface area contributed by atoms with Crippen LogP contribution in [0.15, 0.2) is 36.4 Å². The van der Waals surface area contributed by atoms with Gasteiger partial charge in [-0.15, -0.1) is 0 Å². The maximum Gasteiger partial charge on any atom is 0.228 e. The molecule has 3 rings (SSSR count). The van der Waals surface area contributed by atoms with Gasteiger partial charge in [-0.2, -0.15) is 0 Å². The van der Waals surface area contributed by atoms with Crippen molar-refractivity contribution in [3.63, 3.8) is 0 Å². The summed E-state index contributed by atoms with van der Waals surface area (Å²) in [5.41, 5.74) is 3.97. The second-order valence-electron chi connectivity index (χ2n) is 6.23. The smallest absolute Gasteiger partial charge is 0.228 e. The molecule has 2 aromatic rings. The van der Waals surface area contributed by atoms with Crippen LogP contribution >= 0.6 is 0 Å². The van der Waals surface area contributed by atoms with Crippen molar-refractivity contribution in [2.75, 3.05) is 11.9 Å². The molecule has 1 atom stereocenters. The number of aryl methyl sites for hydroxylation is 1. The highest BCUT2D eigenvalue weighted by Gasteiger charge is 2.22. The van der Waals surface area contributed by atoms with Crippen LogP contribution in [0.2, 0.25) is 0 Å². The highest BCUT2D eigenvalue weighted by atomic mass is 16.5. The van der Waals surface area contributed by atoms with Gasteiger partial charge in [0, 0.05) is 18.1 Å². The zero-order valence-corrected chi connectivity index (χ0v) is 14.4. The fraction of sp³-hybridized carbons (Fsp3) is 0.350. The topological polar surface area (TPSA) is 47.6 Å². The van der Waals surface area contributed by atoms with Gasteiger partial charge >= 0.3 is 0 Å². The molecule has 0 aliphatic carbocycles. The van der Waals surface area contributed by atoms with Crippen molar-refractivity contribution in [3.05, 3.63) is 53.1 Å². The maximum absolute atomic E-state index is 12.4. The number of nitrogens with one attached hydrogen (secondary N) is 1. The number of amides is 1. The van der Waals surface area contributed by atoms with E-state index in [1.165, 1.54) is 5.56 Å². The van der Waals surface area contributed by atoms with E-state index < -0.39 is 0 Å². The minimum absolute atomic E-state index is 0.0641. The van der Waals surface area contributed by atoms with Gasteiger partial charge in [0.2, 0.25) is 5.91 Å². The van der Waals surface area contributed by atoms with Crippen LogP contribution in [-0.4, -0.2) is 18.6 Å². The molecule has 1 aliphatic heterocycles. The van der Waals surface area contributed by atoms with E-state index in [9.17, 15) is 4.79 Å². The Kier molecular flexibility index (Phi) is 4.74. The summed E-state index contributed by atoms with van der Waals surface area (Å²) in [4.78, 5) is 12.4. The van der Waals surface area contributed by atoms with Crippen molar-refractivity contribution in [2.24, 2.45) is 0 Å². The van der Waals surface area contributed by atoms with Crippen LogP contribution in [0.4, 0.5) is 5.69 Å². The van der Waals surface area contributed by atoms with Crippen LogP contribution in [0.3, 0.4) is 0 Å². The molecule has 126 valence electrons. The lowest BCUT2D eigenvalue weighted by atomic mass is 10.1. The van der Waals surface area contributed by atoms with Crippen molar-refractivity contribution >= 4 is 11.6 Å². The lowest BCUT2D eigenvalue weighted by Gasteiger charge is -2.13. The molecule has 0 fully saturated rings. The maximum atomic E-state index is 12.4. The van der Waals surface area contributed by atoms with E-state index in [0.29, 0.717) is 24.5 Å². The number of carbonyl (C=O) groups excluding carboxylic acids is 1. The average Bonchev–Trinajstić information content (AvgIpc) is 2.89. The summed E-state index contributed by atoms with van der Waals surface area (Å²) in [5, 5.41) is 2.96. The number of hydrogen-bond donors (Lipinski definition) is 1. The molecule has 24 heavy (non-hydrogen) atoms. The molecule has 1 N–H and O–H groups in total. The van der Waals surface area contributed by atoms with Crippen LogP contribution in [0, 0.1) is 6.92 Å². The normalized spacial score (nSPS) is 15.5. The predicted molar refractivity (Wildman–Crippen MR) is 94.9 cm³/mol. The fourth-order valence-corrected chi connectivity index (χ4v) is 2.90. The van der Waals surface area contributed by atoms with E-state index in [-0.39, 0.29) is 12.0 Å². The van der Waals surface area contributed by atoms with E-state index >= 15 is 0 Å². The number of ether oxygens (including phenoxy) is 2. The molecule has 0 saturated carbocycles. The zero-order valence-electron chi connectivity index (χ0n) is 14.4. The van der Waals surface area contributed by atoms with Gasteiger partial charge in [0.25, 0.3) is 0 Å². The second kappa shape index (κ2) is 6.95. The first-order valence-corrected chi connectivity index (χ1v) is 8.37. The van der Waals surface area contributed by atoms with Gasteiger partial charge in [-0.05, 0) is 32.4 Å². The average molecular weight is 325 g/mol. The second-order valence-corrected chi connectivity index (χ2v) is 6.23. The van der Waals surface area contributed by atoms with E-state index in [2.05, 4.69) is 5.32 Å². The summed E-state index contributed by atoms with van der Waals surface area (Å²) in [5.74, 6) is 1.47. The lowest BCUT2D eigenvalue weighted by molar-refractivity contribution is -0.115. The van der Waals surface area contributed by atoms with Crippen LogP contribution in [-0.2, 0) is 17.6 Å². The first-order valence-electron chi connectivity index (χ1n) is 8.37. The minimum Gasteiger partial charge on any atom is -0.492 e. The molecule has 4 nitrogen and oxygen atoms in total. The van der Waals surface area contributed by atoms with Crippen LogP contribution in [0.1, 0.15) is 30.5 Å². The zero-order chi connectivity index (χ0) is 17.1. The molecule has 4 heteroatoms. The highest BCUT2D eigenvalue weighted by molar-refractivity contribution is 5.94. The Morgan fingerprint density at radius 1 is 1.29 bits per heavy atom. The predicted octanol–water partition coefficient (Wildman–Crippen LogP) is 3.90. The summed E-state index contributed by atoms with van der Waals surface area (Å²) in [6.45, 7) is 6.56. The standard InChI is InChI=1S/C20H23NO3/c1-4-23-19-11-16-9-14(3)24-18(16)12-17(19)21-20(22)10-15-7-5-13(2)6-8-15/h5-8,11-12,14H,4,9-10H2,1-3H3,(H,21,22)/t14-/m1/s1. The minimum atomic E-state index is -0.0641. The molecule has 0 saturated heterocycles. The molecule has 0 radical (unpaired) electrons. The molecular weight excluding hydrogens is 302 g/mol. The van der Waals surface area contributed by atoms with Gasteiger partial charge in [0.05, 0.1) is 18.7 Å². The third kappa shape index (κ3) is 3.70. The SMILES string of the molecule is CCOc1cc2c(cc1NC(=O)Cc1ccc(C)cc1)O[C@H](C)C2. The third-order valence-electron chi connectivity index (χ3n) is 4.06. The lowest BCUT2D eigenvalue weighted by Crippen LogP contribution is -2.15. The van der Waals surface area contributed by atoms with E-state index in [4.69, 9.17) is 9.47 Å². The Labute approximate surface area is 142 Å². The fourth-order valence-electron chi connectivity index (χ4n) is 2.90. The van der Waals surface area contributed by atoms with Crippen molar-refractivity contribution < 1.29 is 14.3 Å². The van der Waals surface area contributed by atoms with Gasteiger partial charge in [0.15, 0.2) is 0 Å². The summed E-state index contributed by atoms with van der Waals surface area (Å²) in [7, 11) is 0. The van der Waals surface area contributed by atoms with Crippen molar-refractivity contribution in [1.82, 2.24) is 0 Å². The molecule has 1 heterocycles. The summed E-state index contributed by atoms with van der Waals surface area (Å²) >= 11 is 0.